The molecule has 0 saturated carbocycles. The fourth-order valence-electron chi connectivity index (χ4n) is 1.61. The van der Waals surface area contributed by atoms with Gasteiger partial charge in [0.2, 0.25) is 0 Å². The summed E-state index contributed by atoms with van der Waals surface area (Å²) in [7, 11) is 0. The second-order valence-electron chi connectivity index (χ2n) is 3.71. The van der Waals surface area contributed by atoms with Gasteiger partial charge in [0.25, 0.3) is 0 Å². The van der Waals surface area contributed by atoms with Crippen LogP contribution in [0, 0.1) is 0 Å². The molecule has 1 aromatic heterocycles. The molecule has 1 aromatic carbocycles. The SMILES string of the molecule is CSc1ccc(C=c2ccoc2=C(C)O)cc1. The summed E-state index contributed by atoms with van der Waals surface area (Å²) < 4.78 is 5.22. The van der Waals surface area contributed by atoms with E-state index in [-0.39, 0.29) is 5.76 Å². The Morgan fingerprint density at radius 1 is 1.24 bits per heavy atom. The van der Waals surface area contributed by atoms with E-state index in [1.54, 1.807) is 24.9 Å². The van der Waals surface area contributed by atoms with E-state index in [2.05, 4.69) is 30.5 Å². The molecule has 88 valence electrons. The van der Waals surface area contributed by atoms with Crippen molar-refractivity contribution in [2.75, 3.05) is 6.26 Å². The highest BCUT2D eigenvalue weighted by Crippen LogP contribution is 2.14. The second-order valence-corrected chi connectivity index (χ2v) is 4.59. The molecule has 0 saturated heterocycles. The molecule has 0 aliphatic heterocycles. The third kappa shape index (κ3) is 2.74. The van der Waals surface area contributed by atoms with Gasteiger partial charge in [0.1, 0.15) is 5.76 Å². The molecular formula is C14H14O2S. The number of furan rings is 1. The molecule has 0 spiro atoms. The van der Waals surface area contributed by atoms with Gasteiger partial charge in [-0.05, 0) is 43.0 Å². The van der Waals surface area contributed by atoms with E-state index in [0.717, 1.165) is 10.8 Å². The summed E-state index contributed by atoms with van der Waals surface area (Å²) in [5, 5.41) is 10.3. The van der Waals surface area contributed by atoms with Crippen LogP contribution >= 0.6 is 11.8 Å². The Hall–Kier alpha value is -1.61. The minimum Gasteiger partial charge on any atom is -0.509 e. The lowest BCUT2D eigenvalue weighted by Gasteiger charge is -1.96. The fourth-order valence-corrected chi connectivity index (χ4v) is 2.01. The van der Waals surface area contributed by atoms with E-state index in [1.807, 2.05) is 12.1 Å². The first kappa shape index (κ1) is 11.9. The first-order valence-corrected chi connectivity index (χ1v) is 6.52. The standard InChI is InChI=1S/C14H14O2S/c1-10(15)14-12(7-8-16-14)9-11-3-5-13(17-2)6-4-11/h3-9,15H,1-2H3. The Morgan fingerprint density at radius 2 is 1.94 bits per heavy atom. The highest BCUT2D eigenvalue weighted by atomic mass is 32.2. The molecule has 0 aliphatic carbocycles. The van der Waals surface area contributed by atoms with E-state index < -0.39 is 0 Å². The molecule has 2 rings (SSSR count). The zero-order valence-corrected chi connectivity index (χ0v) is 10.6. The Morgan fingerprint density at radius 3 is 2.53 bits per heavy atom. The maximum atomic E-state index is 9.45. The maximum absolute atomic E-state index is 9.45. The molecule has 1 N–H and O–H groups in total. The molecule has 17 heavy (non-hydrogen) atoms. The number of rotatable bonds is 2. The zero-order chi connectivity index (χ0) is 12.3. The molecule has 1 heterocycles. The van der Waals surface area contributed by atoms with Gasteiger partial charge in [-0.2, -0.15) is 0 Å². The van der Waals surface area contributed by atoms with E-state index in [1.165, 1.54) is 4.90 Å². The molecule has 2 aromatic rings. The Kier molecular flexibility index (Phi) is 3.59. The summed E-state index contributed by atoms with van der Waals surface area (Å²) in [6.45, 7) is 1.62. The van der Waals surface area contributed by atoms with Crippen LogP contribution in [0.3, 0.4) is 0 Å². The van der Waals surface area contributed by atoms with Crippen molar-refractivity contribution in [3.63, 3.8) is 0 Å². The van der Waals surface area contributed by atoms with Crippen molar-refractivity contribution in [2.45, 2.75) is 11.8 Å². The number of aliphatic hydroxyl groups excluding tert-OH is 1. The fraction of sp³-hybridized carbons (Fsp3) is 0.143. The summed E-state index contributed by atoms with van der Waals surface area (Å²) in [6, 6.07) is 10.1. The molecule has 0 atom stereocenters. The lowest BCUT2D eigenvalue weighted by molar-refractivity contribution is 0.451. The van der Waals surface area contributed by atoms with E-state index in [4.69, 9.17) is 4.42 Å². The smallest absolute Gasteiger partial charge is 0.170 e. The predicted octanol–water partition coefficient (Wildman–Crippen LogP) is 2.52. The lowest BCUT2D eigenvalue weighted by atomic mass is 10.2. The number of hydrogen-bond donors (Lipinski definition) is 1. The molecule has 0 bridgehead atoms. The largest absolute Gasteiger partial charge is 0.509 e. The molecule has 0 fully saturated rings. The lowest BCUT2D eigenvalue weighted by Crippen LogP contribution is -2.21. The van der Waals surface area contributed by atoms with Crippen LogP contribution in [0.4, 0.5) is 0 Å². The zero-order valence-electron chi connectivity index (χ0n) is 9.81. The van der Waals surface area contributed by atoms with Crippen LogP contribution < -0.4 is 10.6 Å². The number of thioether (sulfide) groups is 1. The summed E-state index contributed by atoms with van der Waals surface area (Å²) in [5.41, 5.74) is 1.62. The number of hydrogen-bond acceptors (Lipinski definition) is 3. The van der Waals surface area contributed by atoms with Crippen LogP contribution in [0.1, 0.15) is 12.5 Å². The van der Waals surface area contributed by atoms with E-state index in [9.17, 15) is 5.11 Å². The average molecular weight is 246 g/mol. The van der Waals surface area contributed by atoms with Gasteiger partial charge >= 0.3 is 0 Å². The van der Waals surface area contributed by atoms with Gasteiger partial charge in [0.15, 0.2) is 5.42 Å². The quantitative estimate of drug-likeness (QED) is 0.827. The minimum absolute atomic E-state index is 0.196. The van der Waals surface area contributed by atoms with E-state index >= 15 is 0 Å². The molecule has 0 aliphatic rings. The number of benzene rings is 1. The first-order chi connectivity index (χ1) is 8.20. The number of aliphatic hydroxyl groups is 1. The predicted molar refractivity (Wildman–Crippen MR) is 71.5 cm³/mol. The van der Waals surface area contributed by atoms with Crippen molar-refractivity contribution < 1.29 is 9.52 Å². The van der Waals surface area contributed by atoms with Crippen LogP contribution in [0.2, 0.25) is 0 Å². The monoisotopic (exact) mass is 246 g/mol. The summed E-state index contributed by atoms with van der Waals surface area (Å²) in [5.74, 6) is 0.196. The average Bonchev–Trinajstić information content (AvgIpc) is 2.78. The topological polar surface area (TPSA) is 33.4 Å². The minimum atomic E-state index is 0.196. The van der Waals surface area contributed by atoms with Gasteiger partial charge in [-0.3, -0.25) is 0 Å². The Bertz CT molecular complexity index is 604. The molecule has 0 unspecified atom stereocenters. The van der Waals surface area contributed by atoms with Crippen LogP contribution in [0.15, 0.2) is 45.9 Å². The molecule has 3 heteroatoms. The second kappa shape index (κ2) is 5.15. The molecule has 0 radical (unpaired) electrons. The molecular weight excluding hydrogens is 232 g/mol. The van der Waals surface area contributed by atoms with E-state index in [0.29, 0.717) is 5.42 Å². The van der Waals surface area contributed by atoms with Gasteiger partial charge in [-0.15, -0.1) is 11.8 Å². The van der Waals surface area contributed by atoms with Crippen molar-refractivity contribution >= 4 is 23.6 Å². The summed E-state index contributed by atoms with van der Waals surface area (Å²) in [4.78, 5) is 1.24. The van der Waals surface area contributed by atoms with Crippen LogP contribution in [0.5, 0.6) is 0 Å². The summed E-state index contributed by atoms with van der Waals surface area (Å²) in [6.07, 6.45) is 5.62. The van der Waals surface area contributed by atoms with Gasteiger partial charge in [0.05, 0.1) is 6.26 Å². The van der Waals surface area contributed by atoms with Gasteiger partial charge in [0, 0.05) is 10.1 Å². The molecule has 2 nitrogen and oxygen atoms in total. The highest BCUT2D eigenvalue weighted by Gasteiger charge is 1.95. The van der Waals surface area contributed by atoms with Crippen molar-refractivity contribution in [1.82, 2.24) is 0 Å². The maximum Gasteiger partial charge on any atom is 0.170 e. The molecule has 0 amide bonds. The van der Waals surface area contributed by atoms with Crippen molar-refractivity contribution in [2.24, 2.45) is 0 Å². The van der Waals surface area contributed by atoms with Gasteiger partial charge in [-0.25, -0.2) is 0 Å². The van der Waals surface area contributed by atoms with Crippen LogP contribution in [-0.4, -0.2) is 11.4 Å². The normalized spacial score (nSPS) is 13.9. The van der Waals surface area contributed by atoms with Gasteiger partial charge < -0.3 is 9.52 Å². The van der Waals surface area contributed by atoms with Crippen molar-refractivity contribution in [1.29, 1.82) is 0 Å². The third-order valence-electron chi connectivity index (χ3n) is 2.46. The van der Waals surface area contributed by atoms with Crippen LogP contribution in [0.25, 0.3) is 11.8 Å². The van der Waals surface area contributed by atoms with Crippen molar-refractivity contribution in [3.05, 3.63) is 52.8 Å². The Balaban J connectivity index is 2.48. The van der Waals surface area contributed by atoms with Crippen molar-refractivity contribution in [3.8, 4) is 0 Å². The van der Waals surface area contributed by atoms with Gasteiger partial charge in [-0.1, -0.05) is 12.1 Å². The third-order valence-corrected chi connectivity index (χ3v) is 3.21. The summed E-state index contributed by atoms with van der Waals surface area (Å²) >= 11 is 1.72. The first-order valence-electron chi connectivity index (χ1n) is 5.30. The van der Waals surface area contributed by atoms with Crippen LogP contribution in [-0.2, 0) is 0 Å². The Labute approximate surface area is 104 Å². The highest BCUT2D eigenvalue weighted by molar-refractivity contribution is 7.98.